The molecule has 0 aliphatic heterocycles. The summed E-state index contributed by atoms with van der Waals surface area (Å²) >= 11 is 5.99. The number of amides is 1. The zero-order valence-corrected chi connectivity index (χ0v) is 18.6. The first-order valence-corrected chi connectivity index (χ1v) is 10.7. The Kier molecular flexibility index (Phi) is 8.00. The van der Waals surface area contributed by atoms with Crippen molar-refractivity contribution in [2.45, 2.75) is 39.2 Å². The number of esters is 1. The van der Waals surface area contributed by atoms with Gasteiger partial charge in [0.15, 0.2) is 5.89 Å². The van der Waals surface area contributed by atoms with Gasteiger partial charge in [-0.3, -0.25) is 9.59 Å². The van der Waals surface area contributed by atoms with Gasteiger partial charge in [0.25, 0.3) is 5.91 Å². The number of hydrogen-bond donors (Lipinski definition) is 1. The van der Waals surface area contributed by atoms with E-state index >= 15 is 0 Å². The molecule has 0 fully saturated rings. The minimum absolute atomic E-state index is 0.000967. The molecule has 32 heavy (non-hydrogen) atoms. The van der Waals surface area contributed by atoms with E-state index < -0.39 is 17.9 Å². The molecule has 1 heterocycles. The maximum Gasteiger partial charge on any atom is 0.307 e. The van der Waals surface area contributed by atoms with Crippen LogP contribution in [-0.2, 0) is 22.4 Å². The van der Waals surface area contributed by atoms with E-state index in [0.29, 0.717) is 34.9 Å². The first kappa shape index (κ1) is 23.5. The Labute approximate surface area is 190 Å². The van der Waals surface area contributed by atoms with Gasteiger partial charge in [0.1, 0.15) is 5.82 Å². The number of nitrogens with one attached hydrogen (secondary N) is 1. The SMILES string of the molecule is CCOC(=O)C[C@@H](Cc1ccc(-c2cc(Cl)ccc2F)cc1)NC(=O)c1cnc(CC)o1. The summed E-state index contributed by atoms with van der Waals surface area (Å²) < 4.78 is 24.6. The normalized spacial score (nSPS) is 11.8. The van der Waals surface area contributed by atoms with Crippen LogP contribution in [0.4, 0.5) is 4.39 Å². The summed E-state index contributed by atoms with van der Waals surface area (Å²) in [6.45, 7) is 3.84. The monoisotopic (exact) mass is 458 g/mol. The Morgan fingerprint density at radius 1 is 1.19 bits per heavy atom. The lowest BCUT2D eigenvalue weighted by Crippen LogP contribution is -2.38. The zero-order valence-electron chi connectivity index (χ0n) is 17.9. The van der Waals surface area contributed by atoms with Crippen molar-refractivity contribution in [1.82, 2.24) is 10.3 Å². The standard InChI is InChI=1S/C24H24ClFN2O4/c1-3-22-27-14-21(32-22)24(30)28-18(13-23(29)31-4-2)11-15-5-7-16(8-6-15)19-12-17(25)9-10-20(19)26/h5-10,12,14,18H,3-4,11,13H2,1-2H3,(H,28,30)/t18-/m1/s1. The number of oxazole rings is 1. The molecule has 0 unspecified atom stereocenters. The predicted molar refractivity (Wildman–Crippen MR) is 119 cm³/mol. The van der Waals surface area contributed by atoms with E-state index in [1.54, 1.807) is 25.1 Å². The molecule has 0 aliphatic carbocycles. The summed E-state index contributed by atoms with van der Waals surface area (Å²) in [7, 11) is 0. The smallest absolute Gasteiger partial charge is 0.307 e. The van der Waals surface area contributed by atoms with Gasteiger partial charge in [-0.2, -0.15) is 0 Å². The second kappa shape index (κ2) is 10.9. The summed E-state index contributed by atoms with van der Waals surface area (Å²) in [5.41, 5.74) is 1.93. The number of halogens is 2. The Morgan fingerprint density at radius 3 is 2.59 bits per heavy atom. The molecule has 1 atom stereocenters. The van der Waals surface area contributed by atoms with E-state index in [2.05, 4.69) is 10.3 Å². The molecule has 0 bridgehead atoms. The molecular formula is C24H24ClFN2O4. The number of aryl methyl sites for hydroxylation is 1. The van der Waals surface area contributed by atoms with Gasteiger partial charge in [-0.25, -0.2) is 9.37 Å². The third-order valence-electron chi connectivity index (χ3n) is 4.81. The molecule has 3 rings (SSSR count). The van der Waals surface area contributed by atoms with Gasteiger partial charge in [0.05, 0.1) is 19.2 Å². The lowest BCUT2D eigenvalue weighted by Gasteiger charge is -2.18. The number of aromatic nitrogens is 1. The molecule has 0 aliphatic rings. The zero-order chi connectivity index (χ0) is 23.1. The fourth-order valence-corrected chi connectivity index (χ4v) is 3.43. The number of benzene rings is 2. The van der Waals surface area contributed by atoms with Crippen molar-refractivity contribution >= 4 is 23.5 Å². The number of ether oxygens (including phenoxy) is 1. The highest BCUT2D eigenvalue weighted by molar-refractivity contribution is 6.30. The molecule has 0 radical (unpaired) electrons. The van der Waals surface area contributed by atoms with Crippen LogP contribution in [0.25, 0.3) is 11.1 Å². The van der Waals surface area contributed by atoms with E-state index in [-0.39, 0.29) is 24.6 Å². The van der Waals surface area contributed by atoms with Gasteiger partial charge in [-0.05, 0) is 42.7 Å². The molecule has 6 nitrogen and oxygen atoms in total. The fourth-order valence-electron chi connectivity index (χ4n) is 3.25. The summed E-state index contributed by atoms with van der Waals surface area (Å²) in [4.78, 5) is 28.7. The summed E-state index contributed by atoms with van der Waals surface area (Å²) in [5, 5.41) is 3.27. The fraction of sp³-hybridized carbons (Fsp3) is 0.292. The highest BCUT2D eigenvalue weighted by Crippen LogP contribution is 2.26. The van der Waals surface area contributed by atoms with Gasteiger partial charge in [-0.15, -0.1) is 0 Å². The maximum atomic E-state index is 14.1. The van der Waals surface area contributed by atoms with Gasteiger partial charge >= 0.3 is 5.97 Å². The number of rotatable bonds is 9. The third kappa shape index (κ3) is 6.17. The molecule has 1 N–H and O–H groups in total. The highest BCUT2D eigenvalue weighted by Gasteiger charge is 2.21. The van der Waals surface area contributed by atoms with Crippen molar-refractivity contribution in [1.29, 1.82) is 0 Å². The van der Waals surface area contributed by atoms with Gasteiger partial charge < -0.3 is 14.5 Å². The molecule has 0 spiro atoms. The minimum Gasteiger partial charge on any atom is -0.466 e. The Balaban J connectivity index is 1.75. The van der Waals surface area contributed by atoms with Crippen LogP contribution in [0.2, 0.25) is 5.02 Å². The third-order valence-corrected chi connectivity index (χ3v) is 5.04. The second-order valence-electron chi connectivity index (χ2n) is 7.18. The lowest BCUT2D eigenvalue weighted by molar-refractivity contribution is -0.143. The Morgan fingerprint density at radius 2 is 1.94 bits per heavy atom. The second-order valence-corrected chi connectivity index (χ2v) is 7.61. The average molecular weight is 459 g/mol. The number of nitrogens with zero attached hydrogens (tertiary/aromatic N) is 1. The van der Waals surface area contributed by atoms with Crippen molar-refractivity contribution in [3.63, 3.8) is 0 Å². The lowest BCUT2D eigenvalue weighted by atomic mass is 9.99. The quantitative estimate of drug-likeness (QED) is 0.457. The van der Waals surface area contributed by atoms with E-state index in [1.165, 1.54) is 18.3 Å². The van der Waals surface area contributed by atoms with Crippen molar-refractivity contribution in [2.24, 2.45) is 0 Å². The molecular weight excluding hydrogens is 435 g/mol. The first-order valence-electron chi connectivity index (χ1n) is 10.3. The van der Waals surface area contributed by atoms with Crippen molar-refractivity contribution in [2.75, 3.05) is 6.61 Å². The van der Waals surface area contributed by atoms with Crippen LogP contribution in [0.15, 0.2) is 53.1 Å². The topological polar surface area (TPSA) is 81.4 Å². The van der Waals surface area contributed by atoms with Crippen LogP contribution in [0.1, 0.15) is 42.3 Å². The summed E-state index contributed by atoms with van der Waals surface area (Å²) in [6.07, 6.45) is 2.31. The molecule has 168 valence electrons. The summed E-state index contributed by atoms with van der Waals surface area (Å²) in [6, 6.07) is 11.1. The Bertz CT molecular complexity index is 1080. The molecule has 3 aromatic rings. The number of carbonyl (C=O) groups excluding carboxylic acids is 2. The van der Waals surface area contributed by atoms with Crippen LogP contribution in [0.3, 0.4) is 0 Å². The molecule has 1 aromatic heterocycles. The van der Waals surface area contributed by atoms with Crippen LogP contribution in [0, 0.1) is 5.82 Å². The first-order chi connectivity index (χ1) is 15.4. The van der Waals surface area contributed by atoms with Gasteiger partial charge in [0.2, 0.25) is 5.76 Å². The largest absolute Gasteiger partial charge is 0.466 e. The highest BCUT2D eigenvalue weighted by atomic mass is 35.5. The Hall–Kier alpha value is -3.19. The van der Waals surface area contributed by atoms with E-state index in [0.717, 1.165) is 5.56 Å². The van der Waals surface area contributed by atoms with Crippen LogP contribution >= 0.6 is 11.6 Å². The van der Waals surface area contributed by atoms with Gasteiger partial charge in [0, 0.05) is 23.0 Å². The predicted octanol–water partition coefficient (Wildman–Crippen LogP) is 4.99. The molecule has 0 saturated carbocycles. The average Bonchev–Trinajstić information content (AvgIpc) is 3.26. The minimum atomic E-state index is -0.523. The van der Waals surface area contributed by atoms with Crippen molar-refractivity contribution < 1.29 is 23.1 Å². The molecule has 1 amide bonds. The van der Waals surface area contributed by atoms with Crippen LogP contribution < -0.4 is 5.32 Å². The molecule has 0 saturated heterocycles. The van der Waals surface area contributed by atoms with Gasteiger partial charge in [-0.1, -0.05) is 42.8 Å². The van der Waals surface area contributed by atoms with Crippen LogP contribution in [-0.4, -0.2) is 29.5 Å². The van der Waals surface area contributed by atoms with E-state index in [1.807, 2.05) is 19.1 Å². The van der Waals surface area contributed by atoms with Crippen LogP contribution in [0.5, 0.6) is 0 Å². The number of carbonyl (C=O) groups is 2. The maximum absolute atomic E-state index is 14.1. The number of hydrogen-bond acceptors (Lipinski definition) is 5. The van der Waals surface area contributed by atoms with E-state index in [4.69, 9.17) is 20.8 Å². The molecule has 8 heteroatoms. The summed E-state index contributed by atoms with van der Waals surface area (Å²) in [5.74, 6) is -0.692. The van der Waals surface area contributed by atoms with Crippen molar-refractivity contribution in [3.05, 3.63) is 76.7 Å². The van der Waals surface area contributed by atoms with Crippen molar-refractivity contribution in [3.8, 4) is 11.1 Å². The molecule has 2 aromatic carbocycles. The van der Waals surface area contributed by atoms with E-state index in [9.17, 15) is 14.0 Å².